The Kier molecular flexibility index (Phi) is 9.19. The van der Waals surface area contributed by atoms with E-state index in [2.05, 4.69) is 27.4 Å². The van der Waals surface area contributed by atoms with Crippen LogP contribution >= 0.6 is 0 Å². The van der Waals surface area contributed by atoms with E-state index in [-0.39, 0.29) is 17.8 Å². The van der Waals surface area contributed by atoms with Crippen molar-refractivity contribution in [3.05, 3.63) is 59.9 Å². The molecule has 6 heteroatoms. The molecular weight excluding hydrogens is 429 g/mol. The van der Waals surface area contributed by atoms with Crippen LogP contribution in [0, 0.1) is 11.7 Å². The second kappa shape index (κ2) is 12.5. The highest BCUT2D eigenvalue weighted by atomic mass is 19.1. The van der Waals surface area contributed by atoms with Crippen LogP contribution in [0.25, 0.3) is 0 Å². The van der Waals surface area contributed by atoms with Crippen molar-refractivity contribution in [1.29, 1.82) is 0 Å². The third kappa shape index (κ3) is 6.09. The van der Waals surface area contributed by atoms with Crippen LogP contribution < -0.4 is 15.1 Å². The lowest BCUT2D eigenvalue weighted by atomic mass is 9.75. The third-order valence-corrected chi connectivity index (χ3v) is 7.70. The molecule has 2 unspecified atom stereocenters. The highest BCUT2D eigenvalue weighted by molar-refractivity contribution is 5.58. The quantitative estimate of drug-likeness (QED) is 0.482. The van der Waals surface area contributed by atoms with Crippen molar-refractivity contribution in [2.24, 2.45) is 5.92 Å². The summed E-state index contributed by atoms with van der Waals surface area (Å²) in [6, 6.07) is 15.7. The monoisotopic (exact) mass is 469 g/mol. The molecule has 2 aliphatic rings. The van der Waals surface area contributed by atoms with Crippen molar-refractivity contribution < 1.29 is 14.0 Å². The summed E-state index contributed by atoms with van der Waals surface area (Å²) >= 11 is 0. The lowest BCUT2D eigenvalue weighted by Crippen LogP contribution is -2.48. The molecule has 1 aliphatic carbocycles. The molecule has 0 aromatic heterocycles. The lowest BCUT2D eigenvalue weighted by Gasteiger charge is -2.39. The fourth-order valence-corrected chi connectivity index (χ4v) is 5.87. The number of nitrogens with zero attached hydrogens (tertiary/aromatic N) is 2. The van der Waals surface area contributed by atoms with Gasteiger partial charge in [0.2, 0.25) is 0 Å². The van der Waals surface area contributed by atoms with Crippen molar-refractivity contribution in [1.82, 2.24) is 10.4 Å². The highest BCUT2D eigenvalue weighted by Crippen LogP contribution is 2.37. The number of methoxy groups -OCH3 is 1. The number of benzene rings is 2. The molecule has 4 rings (SSSR count). The number of piperazine rings is 1. The maximum atomic E-state index is 15.0. The van der Waals surface area contributed by atoms with Gasteiger partial charge in [0, 0.05) is 38.1 Å². The standard InChI is InChI=1S/C28H40FN3O2/c1-33-27-15-9-8-14-26(27)32-20-18-31(19-21-32)17-16-24(23-12-6-7-13-25(23)29)28(30-34-2)22-10-4-3-5-11-22/h6-9,12-15,22,24,28,30H,3-5,10-11,16-21H2,1-2H3. The summed E-state index contributed by atoms with van der Waals surface area (Å²) in [5, 5.41) is 0. The van der Waals surface area contributed by atoms with Gasteiger partial charge in [-0.15, -0.1) is 0 Å². The topological polar surface area (TPSA) is 37.0 Å². The molecule has 0 spiro atoms. The molecule has 0 radical (unpaired) electrons. The van der Waals surface area contributed by atoms with E-state index >= 15 is 0 Å². The largest absolute Gasteiger partial charge is 0.495 e. The van der Waals surface area contributed by atoms with Gasteiger partial charge in [-0.1, -0.05) is 49.6 Å². The van der Waals surface area contributed by atoms with Crippen LogP contribution in [-0.2, 0) is 4.84 Å². The summed E-state index contributed by atoms with van der Waals surface area (Å²) in [5.41, 5.74) is 5.28. The summed E-state index contributed by atoms with van der Waals surface area (Å²) < 4.78 is 20.5. The Morgan fingerprint density at radius 3 is 2.35 bits per heavy atom. The van der Waals surface area contributed by atoms with E-state index in [9.17, 15) is 4.39 Å². The Labute approximate surface area is 204 Å². The molecule has 2 aromatic carbocycles. The predicted molar refractivity (Wildman–Crippen MR) is 136 cm³/mol. The zero-order valence-corrected chi connectivity index (χ0v) is 20.7. The molecule has 0 amide bonds. The molecule has 2 aromatic rings. The second-order valence-electron chi connectivity index (χ2n) is 9.66. The van der Waals surface area contributed by atoms with Gasteiger partial charge in [0.1, 0.15) is 11.6 Å². The van der Waals surface area contributed by atoms with Gasteiger partial charge in [0.25, 0.3) is 0 Å². The molecule has 1 heterocycles. The molecule has 186 valence electrons. The van der Waals surface area contributed by atoms with Gasteiger partial charge in [-0.25, -0.2) is 4.39 Å². The number of hydrogen-bond acceptors (Lipinski definition) is 5. The van der Waals surface area contributed by atoms with E-state index in [0.29, 0.717) is 5.92 Å². The molecule has 1 N–H and O–H groups in total. The molecule has 1 saturated carbocycles. The average molecular weight is 470 g/mol. The van der Waals surface area contributed by atoms with E-state index in [0.717, 1.165) is 56.1 Å². The van der Waals surface area contributed by atoms with Gasteiger partial charge >= 0.3 is 0 Å². The first-order chi connectivity index (χ1) is 16.7. The number of hydroxylamine groups is 1. The van der Waals surface area contributed by atoms with Gasteiger partial charge in [-0.3, -0.25) is 4.90 Å². The van der Waals surface area contributed by atoms with E-state index < -0.39 is 0 Å². The Morgan fingerprint density at radius 2 is 1.65 bits per heavy atom. The van der Waals surface area contributed by atoms with Crippen molar-refractivity contribution >= 4 is 5.69 Å². The first-order valence-electron chi connectivity index (χ1n) is 12.8. The Bertz CT molecular complexity index is 881. The zero-order valence-electron chi connectivity index (χ0n) is 20.7. The minimum atomic E-state index is -0.104. The molecule has 1 aliphatic heterocycles. The van der Waals surface area contributed by atoms with Crippen LogP contribution in [0.2, 0.25) is 0 Å². The van der Waals surface area contributed by atoms with Crippen LogP contribution in [0.1, 0.15) is 50.0 Å². The Morgan fingerprint density at radius 1 is 0.941 bits per heavy atom. The average Bonchev–Trinajstić information content (AvgIpc) is 2.90. The number of ether oxygens (including phenoxy) is 1. The van der Waals surface area contributed by atoms with Crippen molar-refractivity contribution in [2.75, 3.05) is 51.8 Å². The zero-order chi connectivity index (χ0) is 23.8. The van der Waals surface area contributed by atoms with Crippen molar-refractivity contribution in [3.8, 4) is 5.75 Å². The minimum absolute atomic E-state index is 0.0801. The summed E-state index contributed by atoms with van der Waals surface area (Å²) in [4.78, 5) is 10.4. The molecular formula is C28H40FN3O2. The number of halogens is 1. The van der Waals surface area contributed by atoms with Crippen LogP contribution in [0.4, 0.5) is 10.1 Å². The molecule has 1 saturated heterocycles. The fraction of sp³-hybridized carbons (Fsp3) is 0.571. The number of rotatable bonds is 10. The first-order valence-corrected chi connectivity index (χ1v) is 12.8. The highest BCUT2D eigenvalue weighted by Gasteiger charge is 2.33. The van der Waals surface area contributed by atoms with Gasteiger partial charge in [0.05, 0.1) is 19.9 Å². The molecule has 2 atom stereocenters. The SMILES string of the molecule is CONC(C1CCCCC1)C(CCN1CCN(c2ccccc2OC)CC1)c1ccccc1F. The summed E-state index contributed by atoms with van der Waals surface area (Å²) in [6.07, 6.45) is 7.08. The van der Waals surface area contributed by atoms with E-state index in [1.807, 2.05) is 24.3 Å². The van der Waals surface area contributed by atoms with Crippen LogP contribution in [-0.4, -0.2) is 57.9 Å². The van der Waals surface area contributed by atoms with Crippen LogP contribution in [0.5, 0.6) is 5.75 Å². The van der Waals surface area contributed by atoms with Crippen molar-refractivity contribution in [2.45, 2.75) is 50.5 Å². The number of hydrogen-bond donors (Lipinski definition) is 1. The first kappa shape index (κ1) is 25.0. The van der Waals surface area contributed by atoms with Gasteiger partial charge in [-0.2, -0.15) is 5.48 Å². The van der Waals surface area contributed by atoms with Gasteiger partial charge < -0.3 is 14.5 Å². The fourth-order valence-electron chi connectivity index (χ4n) is 5.87. The molecule has 0 bridgehead atoms. The van der Waals surface area contributed by atoms with Crippen LogP contribution in [0.15, 0.2) is 48.5 Å². The summed E-state index contributed by atoms with van der Waals surface area (Å²) in [5.74, 6) is 1.42. The third-order valence-electron chi connectivity index (χ3n) is 7.70. The Balaban J connectivity index is 1.43. The molecule has 5 nitrogen and oxygen atoms in total. The number of nitrogens with one attached hydrogen (secondary N) is 1. The van der Waals surface area contributed by atoms with Crippen LogP contribution in [0.3, 0.4) is 0 Å². The second-order valence-corrected chi connectivity index (χ2v) is 9.66. The lowest BCUT2D eigenvalue weighted by molar-refractivity contribution is 0.0204. The smallest absolute Gasteiger partial charge is 0.142 e. The van der Waals surface area contributed by atoms with Gasteiger partial charge in [0.15, 0.2) is 0 Å². The minimum Gasteiger partial charge on any atom is -0.495 e. The van der Waals surface area contributed by atoms with Crippen molar-refractivity contribution in [3.63, 3.8) is 0 Å². The van der Waals surface area contributed by atoms with Gasteiger partial charge in [-0.05, 0) is 55.5 Å². The Hall–Kier alpha value is -2.15. The summed E-state index contributed by atoms with van der Waals surface area (Å²) in [7, 11) is 3.42. The maximum Gasteiger partial charge on any atom is 0.142 e. The predicted octanol–water partition coefficient (Wildman–Crippen LogP) is 5.23. The molecule has 34 heavy (non-hydrogen) atoms. The maximum absolute atomic E-state index is 15.0. The number of para-hydroxylation sites is 2. The molecule has 2 fully saturated rings. The normalized spacial score (nSPS) is 19.7. The van der Waals surface area contributed by atoms with E-state index in [4.69, 9.17) is 9.57 Å². The van der Waals surface area contributed by atoms with E-state index in [1.165, 1.54) is 32.1 Å². The summed E-state index contributed by atoms with van der Waals surface area (Å²) in [6.45, 7) is 4.87. The van der Waals surface area contributed by atoms with E-state index in [1.54, 1.807) is 26.4 Å². The number of anilines is 1.